The molecule has 0 aliphatic rings. The summed E-state index contributed by atoms with van der Waals surface area (Å²) >= 11 is 13.1. The second kappa shape index (κ2) is 3.12. The highest BCUT2D eigenvalue weighted by molar-refractivity contribution is 8.02. The molecule has 5 heteroatoms. The summed E-state index contributed by atoms with van der Waals surface area (Å²) in [7, 11) is 1.55. The van der Waals surface area contributed by atoms with Crippen LogP contribution < -0.4 is 0 Å². The van der Waals surface area contributed by atoms with Crippen LogP contribution in [0.4, 0.5) is 0 Å². The zero-order chi connectivity index (χ0) is 5.91. The Labute approximate surface area is 60.0 Å². The van der Waals surface area contributed by atoms with E-state index >= 15 is 0 Å². The number of alkyl halides is 1. The number of halogens is 1. The molecule has 0 aromatic rings. The molecule has 0 aliphatic heterocycles. The summed E-state index contributed by atoms with van der Waals surface area (Å²) in [5, 5.41) is 0. The van der Waals surface area contributed by atoms with Gasteiger partial charge in [0.1, 0.15) is 0 Å². The summed E-state index contributed by atoms with van der Waals surface area (Å²) in [4.78, 5) is 0. The molecular weight excluding hydrogens is 150 g/mol. The van der Waals surface area contributed by atoms with Crippen molar-refractivity contribution in [3.05, 3.63) is 0 Å². The molecule has 0 spiro atoms. The normalized spacial score (nSPS) is 11.9. The highest BCUT2D eigenvalue weighted by Crippen LogP contribution is 2.23. The molecule has 0 fully saturated rings. The Morgan fingerprint density at radius 3 is 2.14 bits per heavy atom. The van der Waals surface area contributed by atoms with Gasteiger partial charge in [-0.25, -0.2) is 0 Å². The number of rotatable bonds is 2. The van der Waals surface area contributed by atoms with Crippen LogP contribution in [0.5, 0.6) is 0 Å². The predicted molar refractivity (Wildman–Crippen MR) is 41.1 cm³/mol. The van der Waals surface area contributed by atoms with E-state index in [1.165, 1.54) is 0 Å². The van der Waals surface area contributed by atoms with E-state index in [-0.39, 0.29) is 0 Å². The lowest BCUT2D eigenvalue weighted by Gasteiger charge is -2.10. The minimum Gasteiger partial charge on any atom is -0.440 e. The van der Waals surface area contributed by atoms with Gasteiger partial charge in [-0.3, -0.25) is 0 Å². The minimum atomic E-state index is -0.811. The van der Waals surface area contributed by atoms with Crippen LogP contribution in [0.2, 0.25) is 0 Å². The highest BCUT2D eigenvalue weighted by atomic mass is 35.5. The van der Waals surface area contributed by atoms with Gasteiger partial charge >= 0.3 is 0 Å². The summed E-state index contributed by atoms with van der Waals surface area (Å²) < 4.78 is 3.81. The van der Waals surface area contributed by atoms with Crippen LogP contribution in [0, 0.1) is 0 Å². The van der Waals surface area contributed by atoms with E-state index in [4.69, 9.17) is 11.6 Å². The maximum atomic E-state index is 5.44. The first kappa shape index (κ1) is 8.01. The fourth-order valence-corrected chi connectivity index (χ4v) is 0.551. The van der Waals surface area contributed by atoms with Crippen molar-refractivity contribution in [1.29, 1.82) is 0 Å². The Morgan fingerprint density at radius 2 is 2.14 bits per heavy atom. The molecule has 0 saturated carbocycles. The van der Waals surface area contributed by atoms with Crippen LogP contribution in [-0.4, -0.2) is 18.2 Å². The van der Waals surface area contributed by atoms with Crippen LogP contribution in [0.25, 0.3) is 0 Å². The molecule has 0 atom stereocenters. The molecule has 0 bridgehead atoms. The SMILES string of the molecule is BOCC(S)(S)Cl. The lowest BCUT2D eigenvalue weighted by atomic mass is 10.6. The van der Waals surface area contributed by atoms with Gasteiger partial charge in [-0.2, -0.15) is 0 Å². The molecule has 0 heterocycles. The van der Waals surface area contributed by atoms with Gasteiger partial charge in [0.05, 0.1) is 6.61 Å². The second-order valence-electron chi connectivity index (χ2n) is 1.15. The summed E-state index contributed by atoms with van der Waals surface area (Å²) in [6.45, 7) is 0.334. The van der Waals surface area contributed by atoms with E-state index in [1.807, 2.05) is 0 Å². The summed E-state index contributed by atoms with van der Waals surface area (Å²) in [5.74, 6) is 0. The lowest BCUT2D eigenvalue weighted by Crippen LogP contribution is -2.11. The standard InChI is InChI=1S/C2H6BClOS2/c3-5-1-2(4,6)7/h6-7H,1,3H2. The van der Waals surface area contributed by atoms with Crippen molar-refractivity contribution in [2.45, 2.75) is 3.54 Å². The number of hydrogen-bond acceptors (Lipinski definition) is 3. The molecule has 0 aromatic carbocycles. The molecule has 0 amide bonds. The molecule has 0 aromatic heterocycles. The first-order valence-electron chi connectivity index (χ1n) is 1.69. The minimum absolute atomic E-state index is 0.334. The van der Waals surface area contributed by atoms with Crippen LogP contribution in [0.15, 0.2) is 0 Å². The molecule has 0 rings (SSSR count). The Hall–Kier alpha value is 1.01. The Balaban J connectivity index is 3.15. The van der Waals surface area contributed by atoms with Gasteiger partial charge in [0.15, 0.2) is 3.54 Å². The molecule has 42 valence electrons. The number of thiol groups is 2. The topological polar surface area (TPSA) is 9.23 Å². The average Bonchev–Trinajstić information content (AvgIpc) is 1.30. The summed E-state index contributed by atoms with van der Waals surface area (Å²) in [6, 6.07) is 0. The fraction of sp³-hybridized carbons (Fsp3) is 1.00. The molecule has 0 unspecified atom stereocenters. The van der Waals surface area contributed by atoms with Gasteiger partial charge in [-0.1, -0.05) is 11.6 Å². The Bertz CT molecular complexity index is 54.1. The van der Waals surface area contributed by atoms with Crippen molar-refractivity contribution in [2.75, 3.05) is 6.61 Å². The summed E-state index contributed by atoms with van der Waals surface area (Å²) in [5.41, 5.74) is 0. The predicted octanol–water partition coefficient (Wildman–Crippen LogP) is 0.303. The molecule has 7 heavy (non-hydrogen) atoms. The van der Waals surface area contributed by atoms with Gasteiger partial charge in [0, 0.05) is 0 Å². The highest BCUT2D eigenvalue weighted by Gasteiger charge is 2.13. The largest absolute Gasteiger partial charge is 0.440 e. The van der Waals surface area contributed by atoms with Crippen molar-refractivity contribution in [3.8, 4) is 0 Å². The van der Waals surface area contributed by atoms with E-state index in [0.717, 1.165) is 0 Å². The first-order chi connectivity index (χ1) is 3.06. The third-order valence-electron chi connectivity index (χ3n) is 0.328. The third-order valence-corrected chi connectivity index (χ3v) is 0.695. The molecule has 0 N–H and O–H groups in total. The smallest absolute Gasteiger partial charge is 0.257 e. The Kier molecular flexibility index (Phi) is 3.58. The van der Waals surface area contributed by atoms with Crippen LogP contribution >= 0.6 is 36.9 Å². The van der Waals surface area contributed by atoms with E-state index in [9.17, 15) is 0 Å². The summed E-state index contributed by atoms with van der Waals surface area (Å²) in [6.07, 6.45) is 0. The molecular formula is C2H6BClOS2. The monoisotopic (exact) mass is 156 g/mol. The maximum absolute atomic E-state index is 5.44. The molecule has 0 radical (unpaired) electrons. The van der Waals surface area contributed by atoms with Crippen molar-refractivity contribution in [3.63, 3.8) is 0 Å². The van der Waals surface area contributed by atoms with Gasteiger partial charge < -0.3 is 4.65 Å². The van der Waals surface area contributed by atoms with Crippen LogP contribution in [0.3, 0.4) is 0 Å². The van der Waals surface area contributed by atoms with Crippen molar-refractivity contribution in [1.82, 2.24) is 0 Å². The number of hydrogen-bond donors (Lipinski definition) is 2. The van der Waals surface area contributed by atoms with E-state index in [1.54, 1.807) is 8.05 Å². The maximum Gasteiger partial charge on any atom is 0.257 e. The molecule has 0 aliphatic carbocycles. The van der Waals surface area contributed by atoms with Crippen LogP contribution in [-0.2, 0) is 4.65 Å². The van der Waals surface area contributed by atoms with Gasteiger partial charge in [0.2, 0.25) is 0 Å². The Morgan fingerprint density at radius 1 is 1.71 bits per heavy atom. The van der Waals surface area contributed by atoms with Crippen molar-refractivity contribution < 1.29 is 4.65 Å². The fourth-order valence-electron chi connectivity index (χ4n) is 0.184. The average molecular weight is 156 g/mol. The first-order valence-corrected chi connectivity index (χ1v) is 2.96. The van der Waals surface area contributed by atoms with E-state index < -0.39 is 3.54 Å². The zero-order valence-corrected chi connectivity index (χ0v) is 6.43. The van der Waals surface area contributed by atoms with Crippen molar-refractivity contribution >= 4 is 44.9 Å². The van der Waals surface area contributed by atoms with Gasteiger partial charge in [-0.15, -0.1) is 25.3 Å². The van der Waals surface area contributed by atoms with Crippen molar-refractivity contribution in [2.24, 2.45) is 0 Å². The second-order valence-corrected chi connectivity index (χ2v) is 4.20. The molecule has 1 nitrogen and oxygen atoms in total. The molecule has 0 saturated heterocycles. The van der Waals surface area contributed by atoms with Crippen LogP contribution in [0.1, 0.15) is 0 Å². The zero-order valence-electron chi connectivity index (χ0n) is 3.89. The quantitative estimate of drug-likeness (QED) is 0.253. The van der Waals surface area contributed by atoms with Gasteiger partial charge in [-0.05, 0) is 0 Å². The van der Waals surface area contributed by atoms with E-state index in [0.29, 0.717) is 6.61 Å². The lowest BCUT2D eigenvalue weighted by molar-refractivity contribution is 0.364. The van der Waals surface area contributed by atoms with E-state index in [2.05, 4.69) is 29.9 Å². The third kappa shape index (κ3) is 7.01. The van der Waals surface area contributed by atoms with Gasteiger partial charge in [0.25, 0.3) is 8.05 Å².